The monoisotopic (exact) mass is 293 g/mol. The van der Waals surface area contributed by atoms with E-state index in [-0.39, 0.29) is 11.2 Å². The lowest BCUT2D eigenvalue weighted by Crippen LogP contribution is -2.41. The molecule has 1 aliphatic heterocycles. The first kappa shape index (κ1) is 16.3. The predicted molar refractivity (Wildman–Crippen MR) is 82.1 cm³/mol. The van der Waals surface area contributed by atoms with Crippen LogP contribution in [0.15, 0.2) is 12.3 Å². The molecule has 2 rings (SSSR count). The molecule has 2 heterocycles. The van der Waals surface area contributed by atoms with Gasteiger partial charge in [0.25, 0.3) is 0 Å². The van der Waals surface area contributed by atoms with E-state index >= 15 is 0 Å². The largest absolute Gasteiger partial charge is 0.496 e. The number of methoxy groups -OCH3 is 1. The highest BCUT2D eigenvalue weighted by molar-refractivity contribution is 6.62. The molecule has 0 saturated carbocycles. The second-order valence-electron chi connectivity index (χ2n) is 6.28. The van der Waals surface area contributed by atoms with Crippen molar-refractivity contribution in [3.63, 3.8) is 0 Å². The van der Waals surface area contributed by atoms with Crippen LogP contribution >= 0.6 is 0 Å². The zero-order valence-corrected chi connectivity index (χ0v) is 13.7. The third-order valence-corrected chi connectivity index (χ3v) is 4.13. The van der Waals surface area contributed by atoms with Gasteiger partial charge in [0.2, 0.25) is 0 Å². The number of aromatic nitrogens is 1. The predicted octanol–water partition coefficient (Wildman–Crippen LogP) is 1.71. The van der Waals surface area contributed by atoms with E-state index in [0.717, 1.165) is 16.9 Å². The molecule has 0 N–H and O–H groups in total. The van der Waals surface area contributed by atoms with Gasteiger partial charge in [0.15, 0.2) is 0 Å². The number of hydrogen-bond donors (Lipinski definition) is 0. The Hall–Kier alpha value is -1.11. The molecule has 1 aromatic heterocycles. The lowest BCUT2D eigenvalue weighted by Gasteiger charge is -2.32. The molecule has 6 heteroatoms. The Morgan fingerprint density at radius 1 is 1.14 bits per heavy atom. The molecule has 0 unspecified atom stereocenters. The summed E-state index contributed by atoms with van der Waals surface area (Å²) in [5.41, 5.74) is 0.984. The molecule has 0 atom stereocenters. The number of ether oxygens (including phenoxy) is 2. The lowest BCUT2D eigenvalue weighted by atomic mass is 9.80. The van der Waals surface area contributed by atoms with Crippen molar-refractivity contribution in [2.45, 2.75) is 45.8 Å². The van der Waals surface area contributed by atoms with Gasteiger partial charge in [-0.2, -0.15) is 0 Å². The Morgan fingerprint density at radius 3 is 2.33 bits per heavy atom. The van der Waals surface area contributed by atoms with Gasteiger partial charge in [0, 0.05) is 18.8 Å². The average Bonchev–Trinajstić information content (AvgIpc) is 2.61. The minimum atomic E-state index is -0.423. The molecule has 21 heavy (non-hydrogen) atoms. The van der Waals surface area contributed by atoms with E-state index in [0.29, 0.717) is 13.2 Å². The quantitative estimate of drug-likeness (QED) is 0.611. The van der Waals surface area contributed by atoms with E-state index in [1.165, 1.54) is 0 Å². The van der Waals surface area contributed by atoms with Crippen molar-refractivity contribution in [2.24, 2.45) is 0 Å². The normalized spacial score (nSPS) is 19.8. The van der Waals surface area contributed by atoms with E-state index < -0.39 is 7.12 Å². The standard InChI is InChI=1S/C15H24BNO4/c1-11-13(19-8-7-18-6)9-12(10-17-11)16-20-14(2,3)15(4,5)21-16/h9-10H,7-8H2,1-6H3. The Labute approximate surface area is 127 Å². The Morgan fingerprint density at radius 2 is 1.76 bits per heavy atom. The third kappa shape index (κ3) is 3.39. The third-order valence-electron chi connectivity index (χ3n) is 4.13. The van der Waals surface area contributed by atoms with Gasteiger partial charge in [-0.1, -0.05) is 0 Å². The van der Waals surface area contributed by atoms with Gasteiger partial charge < -0.3 is 18.8 Å². The van der Waals surface area contributed by atoms with Crippen LogP contribution in [0.25, 0.3) is 0 Å². The fourth-order valence-corrected chi connectivity index (χ4v) is 2.02. The SMILES string of the molecule is COCCOc1cc(B2OC(C)(C)C(C)(C)O2)cnc1C. The first-order chi connectivity index (χ1) is 9.77. The minimum absolute atomic E-state index is 0.361. The van der Waals surface area contributed by atoms with E-state index in [1.54, 1.807) is 13.3 Å². The van der Waals surface area contributed by atoms with Crippen molar-refractivity contribution in [3.05, 3.63) is 18.0 Å². The highest BCUT2D eigenvalue weighted by Gasteiger charge is 2.51. The van der Waals surface area contributed by atoms with Gasteiger partial charge in [0.05, 0.1) is 23.5 Å². The fraction of sp³-hybridized carbons (Fsp3) is 0.667. The van der Waals surface area contributed by atoms with Crippen molar-refractivity contribution in [2.75, 3.05) is 20.3 Å². The number of pyridine rings is 1. The number of nitrogens with zero attached hydrogens (tertiary/aromatic N) is 1. The Bertz CT molecular complexity index is 488. The van der Waals surface area contributed by atoms with E-state index in [2.05, 4.69) is 4.98 Å². The van der Waals surface area contributed by atoms with Gasteiger partial charge >= 0.3 is 7.12 Å². The molecule has 116 valence electrons. The smallest absolute Gasteiger partial charge is 0.489 e. The second-order valence-corrected chi connectivity index (χ2v) is 6.28. The van der Waals surface area contributed by atoms with Crippen LogP contribution < -0.4 is 10.2 Å². The van der Waals surface area contributed by atoms with E-state index in [4.69, 9.17) is 18.8 Å². The van der Waals surface area contributed by atoms with Gasteiger partial charge in [-0.15, -0.1) is 0 Å². The van der Waals surface area contributed by atoms with Gasteiger partial charge in [-0.3, -0.25) is 4.98 Å². The molecular formula is C15H24BNO4. The first-order valence-electron chi connectivity index (χ1n) is 7.21. The molecule has 0 amide bonds. The van der Waals surface area contributed by atoms with Crippen molar-refractivity contribution >= 4 is 12.6 Å². The average molecular weight is 293 g/mol. The summed E-state index contributed by atoms with van der Waals surface area (Å²) >= 11 is 0. The zero-order valence-electron chi connectivity index (χ0n) is 13.7. The van der Waals surface area contributed by atoms with Crippen LogP contribution in [0, 0.1) is 6.92 Å². The molecule has 5 nitrogen and oxygen atoms in total. The summed E-state index contributed by atoms with van der Waals surface area (Å²) in [6, 6.07) is 1.93. The minimum Gasteiger partial charge on any atom is -0.489 e. The first-order valence-corrected chi connectivity index (χ1v) is 7.21. The lowest BCUT2D eigenvalue weighted by molar-refractivity contribution is 0.00578. The second kappa shape index (κ2) is 5.95. The number of aryl methyl sites for hydroxylation is 1. The van der Waals surface area contributed by atoms with E-state index in [9.17, 15) is 0 Å². The maximum Gasteiger partial charge on any atom is 0.496 e. The summed E-state index contributed by atoms with van der Waals surface area (Å²) < 4.78 is 22.7. The van der Waals surface area contributed by atoms with Crippen LogP contribution in [0.4, 0.5) is 0 Å². The Balaban J connectivity index is 2.16. The molecule has 0 aromatic carbocycles. The van der Waals surface area contributed by atoms with Crippen LogP contribution in [-0.2, 0) is 14.0 Å². The van der Waals surface area contributed by atoms with Crippen LogP contribution in [0.3, 0.4) is 0 Å². The summed E-state index contributed by atoms with van der Waals surface area (Å²) in [6.07, 6.45) is 1.78. The molecule has 0 aliphatic carbocycles. The van der Waals surface area contributed by atoms with Crippen molar-refractivity contribution in [1.29, 1.82) is 0 Å². The highest BCUT2D eigenvalue weighted by atomic mass is 16.7. The summed E-state index contributed by atoms with van der Waals surface area (Å²) in [7, 11) is 1.22. The van der Waals surface area contributed by atoms with Crippen LogP contribution in [0.5, 0.6) is 5.75 Å². The molecule has 1 fully saturated rings. The fourth-order valence-electron chi connectivity index (χ4n) is 2.02. The topological polar surface area (TPSA) is 49.8 Å². The molecule has 1 saturated heterocycles. The van der Waals surface area contributed by atoms with Crippen molar-refractivity contribution in [1.82, 2.24) is 4.98 Å². The summed E-state index contributed by atoms with van der Waals surface area (Å²) in [5, 5.41) is 0. The zero-order chi connectivity index (χ0) is 15.7. The molecule has 0 radical (unpaired) electrons. The van der Waals surface area contributed by atoms with Crippen LogP contribution in [-0.4, -0.2) is 43.6 Å². The molecule has 1 aliphatic rings. The highest BCUT2D eigenvalue weighted by Crippen LogP contribution is 2.36. The Kier molecular flexibility index (Phi) is 4.61. The summed E-state index contributed by atoms with van der Waals surface area (Å²) in [6.45, 7) is 11.1. The molecule has 0 spiro atoms. The van der Waals surface area contributed by atoms with Crippen LogP contribution in [0.1, 0.15) is 33.4 Å². The number of hydrogen-bond acceptors (Lipinski definition) is 5. The van der Waals surface area contributed by atoms with Gasteiger partial charge in [-0.05, 0) is 40.7 Å². The van der Waals surface area contributed by atoms with Crippen molar-refractivity contribution < 1.29 is 18.8 Å². The van der Waals surface area contributed by atoms with Gasteiger partial charge in [0.1, 0.15) is 12.4 Å². The van der Waals surface area contributed by atoms with E-state index in [1.807, 2.05) is 40.7 Å². The van der Waals surface area contributed by atoms with Gasteiger partial charge in [-0.25, -0.2) is 0 Å². The maximum absolute atomic E-state index is 6.03. The molecule has 1 aromatic rings. The van der Waals surface area contributed by atoms with Crippen molar-refractivity contribution in [3.8, 4) is 5.75 Å². The maximum atomic E-state index is 6.03. The summed E-state index contributed by atoms with van der Waals surface area (Å²) in [4.78, 5) is 4.37. The number of rotatable bonds is 5. The molecular weight excluding hydrogens is 269 g/mol. The van der Waals surface area contributed by atoms with Crippen LogP contribution in [0.2, 0.25) is 0 Å². The molecule has 0 bridgehead atoms. The summed E-state index contributed by atoms with van der Waals surface area (Å²) in [5.74, 6) is 0.735.